The van der Waals surface area contributed by atoms with Crippen molar-refractivity contribution in [2.24, 2.45) is 0 Å². The summed E-state index contributed by atoms with van der Waals surface area (Å²) < 4.78 is 6.44. The first kappa shape index (κ1) is 14.6. The van der Waals surface area contributed by atoms with Gasteiger partial charge >= 0.3 is 0 Å². The van der Waals surface area contributed by atoms with Gasteiger partial charge in [-0.25, -0.2) is 4.98 Å². The number of ether oxygens (including phenoxy) is 1. The first-order chi connectivity index (χ1) is 9.79. The molecule has 1 heterocycles. The van der Waals surface area contributed by atoms with Crippen LogP contribution in [-0.4, -0.2) is 29.7 Å². The summed E-state index contributed by atoms with van der Waals surface area (Å²) in [6.07, 6.45) is 1.73. The molecule has 2 rings (SSSR count). The highest BCUT2D eigenvalue weighted by Crippen LogP contribution is 2.19. The molecule has 1 aromatic carbocycles. The van der Waals surface area contributed by atoms with Crippen LogP contribution >= 0.6 is 15.9 Å². The van der Waals surface area contributed by atoms with Gasteiger partial charge in [0.05, 0.1) is 11.0 Å². The van der Waals surface area contributed by atoms with Gasteiger partial charge in [0, 0.05) is 12.7 Å². The molecule has 0 aliphatic carbocycles. The smallest absolute Gasteiger partial charge is 0.224 e. The first-order valence-electron chi connectivity index (χ1n) is 6.47. The first-order valence-corrected chi connectivity index (χ1v) is 7.27. The molecule has 2 aromatic rings. The second-order valence-corrected chi connectivity index (χ2v) is 4.86. The quantitative estimate of drug-likeness (QED) is 0.760. The minimum Gasteiger partial charge on any atom is -0.492 e. The van der Waals surface area contributed by atoms with Crippen molar-refractivity contribution in [1.82, 2.24) is 9.97 Å². The predicted molar refractivity (Wildman–Crippen MR) is 84.3 cm³/mol. The van der Waals surface area contributed by atoms with Gasteiger partial charge in [0.1, 0.15) is 18.2 Å². The van der Waals surface area contributed by atoms with Gasteiger partial charge in [0.2, 0.25) is 5.95 Å². The van der Waals surface area contributed by atoms with Crippen molar-refractivity contribution in [2.45, 2.75) is 6.92 Å². The Bertz CT molecular complexity index is 536. The minimum absolute atomic E-state index is 0.566. The Morgan fingerprint density at radius 1 is 1.20 bits per heavy atom. The Labute approximate surface area is 126 Å². The Hall–Kier alpha value is -1.82. The predicted octanol–water partition coefficient (Wildman–Crippen LogP) is 3.16. The molecule has 0 radical (unpaired) electrons. The monoisotopic (exact) mass is 336 g/mol. The van der Waals surface area contributed by atoms with Crippen molar-refractivity contribution >= 4 is 27.7 Å². The molecule has 2 N–H and O–H groups in total. The second kappa shape index (κ2) is 7.69. The van der Waals surface area contributed by atoms with Crippen molar-refractivity contribution in [2.75, 3.05) is 30.3 Å². The SMILES string of the molecule is CCNc1ncc(Br)c(NCCOc2ccccc2)n1. The maximum absolute atomic E-state index is 5.61. The van der Waals surface area contributed by atoms with Gasteiger partial charge in [0.15, 0.2) is 0 Å². The Balaban J connectivity index is 1.83. The third kappa shape index (κ3) is 4.38. The summed E-state index contributed by atoms with van der Waals surface area (Å²) in [5, 5.41) is 6.30. The van der Waals surface area contributed by atoms with Crippen molar-refractivity contribution in [3.8, 4) is 5.75 Å². The van der Waals surface area contributed by atoms with Crippen LogP contribution in [0, 0.1) is 0 Å². The molecule has 5 nitrogen and oxygen atoms in total. The molecule has 0 aliphatic heterocycles. The van der Waals surface area contributed by atoms with E-state index >= 15 is 0 Å². The van der Waals surface area contributed by atoms with Crippen LogP contribution in [0.1, 0.15) is 6.92 Å². The number of benzene rings is 1. The van der Waals surface area contributed by atoms with E-state index in [1.165, 1.54) is 0 Å². The van der Waals surface area contributed by atoms with E-state index < -0.39 is 0 Å². The number of anilines is 2. The number of rotatable bonds is 7. The van der Waals surface area contributed by atoms with Crippen molar-refractivity contribution in [3.05, 3.63) is 41.0 Å². The highest BCUT2D eigenvalue weighted by atomic mass is 79.9. The van der Waals surface area contributed by atoms with E-state index in [9.17, 15) is 0 Å². The molecule has 1 aromatic heterocycles. The molecule has 0 saturated carbocycles. The van der Waals surface area contributed by atoms with E-state index in [4.69, 9.17) is 4.74 Å². The van der Waals surface area contributed by atoms with Crippen LogP contribution in [0.5, 0.6) is 5.75 Å². The van der Waals surface area contributed by atoms with Crippen LogP contribution in [0.4, 0.5) is 11.8 Å². The summed E-state index contributed by atoms with van der Waals surface area (Å²) in [6.45, 7) is 4.03. The van der Waals surface area contributed by atoms with E-state index in [2.05, 4.69) is 36.5 Å². The summed E-state index contributed by atoms with van der Waals surface area (Å²) in [5.74, 6) is 2.24. The lowest BCUT2D eigenvalue weighted by atomic mass is 10.3. The fraction of sp³-hybridized carbons (Fsp3) is 0.286. The molecular weight excluding hydrogens is 320 g/mol. The van der Waals surface area contributed by atoms with Crippen LogP contribution in [-0.2, 0) is 0 Å². The normalized spacial score (nSPS) is 10.1. The summed E-state index contributed by atoms with van der Waals surface area (Å²) in [4.78, 5) is 8.53. The molecule has 0 saturated heterocycles. The van der Waals surface area contributed by atoms with Gasteiger partial charge in [-0.2, -0.15) is 4.98 Å². The largest absolute Gasteiger partial charge is 0.492 e. The molecular formula is C14H17BrN4O. The highest BCUT2D eigenvalue weighted by Gasteiger charge is 2.03. The number of nitrogens with zero attached hydrogens (tertiary/aromatic N) is 2. The molecule has 0 atom stereocenters. The number of aromatic nitrogens is 2. The highest BCUT2D eigenvalue weighted by molar-refractivity contribution is 9.10. The van der Waals surface area contributed by atoms with Crippen molar-refractivity contribution in [3.63, 3.8) is 0 Å². The summed E-state index contributed by atoms with van der Waals surface area (Å²) in [6, 6.07) is 9.73. The number of halogens is 1. The average Bonchev–Trinajstić information content (AvgIpc) is 2.48. The van der Waals surface area contributed by atoms with Crippen molar-refractivity contribution in [1.29, 1.82) is 0 Å². The Kier molecular flexibility index (Phi) is 5.61. The van der Waals surface area contributed by atoms with Gasteiger partial charge in [-0.1, -0.05) is 18.2 Å². The molecule has 0 amide bonds. The number of para-hydroxylation sites is 1. The molecule has 0 spiro atoms. The van der Waals surface area contributed by atoms with E-state index in [0.717, 1.165) is 22.6 Å². The molecule has 6 heteroatoms. The fourth-order valence-electron chi connectivity index (χ4n) is 1.59. The number of hydrogen-bond donors (Lipinski definition) is 2. The van der Waals surface area contributed by atoms with E-state index in [0.29, 0.717) is 19.1 Å². The Morgan fingerprint density at radius 2 is 2.00 bits per heavy atom. The third-order valence-electron chi connectivity index (χ3n) is 2.49. The van der Waals surface area contributed by atoms with E-state index in [1.807, 2.05) is 37.3 Å². The standard InChI is InChI=1S/C14H17BrN4O/c1-2-16-14-18-10-12(15)13(19-14)17-8-9-20-11-6-4-3-5-7-11/h3-7,10H,2,8-9H2,1H3,(H2,16,17,18,19). The van der Waals surface area contributed by atoms with E-state index in [-0.39, 0.29) is 0 Å². The summed E-state index contributed by atoms with van der Waals surface area (Å²) in [7, 11) is 0. The topological polar surface area (TPSA) is 59.1 Å². The van der Waals surface area contributed by atoms with Crippen molar-refractivity contribution < 1.29 is 4.74 Å². The lowest BCUT2D eigenvalue weighted by molar-refractivity contribution is 0.332. The summed E-state index contributed by atoms with van der Waals surface area (Å²) >= 11 is 3.42. The van der Waals surface area contributed by atoms with Gasteiger partial charge in [0.25, 0.3) is 0 Å². The lowest BCUT2D eigenvalue weighted by Gasteiger charge is -2.10. The van der Waals surface area contributed by atoms with Crippen LogP contribution in [0.15, 0.2) is 41.0 Å². The zero-order chi connectivity index (χ0) is 14.2. The molecule has 0 aliphatic rings. The lowest BCUT2D eigenvalue weighted by Crippen LogP contribution is -2.13. The molecule has 20 heavy (non-hydrogen) atoms. The average molecular weight is 337 g/mol. The van der Waals surface area contributed by atoms with Crippen LogP contribution in [0.2, 0.25) is 0 Å². The molecule has 0 bridgehead atoms. The third-order valence-corrected chi connectivity index (χ3v) is 3.07. The van der Waals surface area contributed by atoms with Crippen LogP contribution in [0.25, 0.3) is 0 Å². The Morgan fingerprint density at radius 3 is 2.75 bits per heavy atom. The maximum Gasteiger partial charge on any atom is 0.224 e. The zero-order valence-electron chi connectivity index (χ0n) is 11.3. The summed E-state index contributed by atoms with van der Waals surface area (Å²) in [5.41, 5.74) is 0. The number of hydrogen-bond acceptors (Lipinski definition) is 5. The van der Waals surface area contributed by atoms with Gasteiger partial charge in [-0.05, 0) is 35.0 Å². The fourth-order valence-corrected chi connectivity index (χ4v) is 1.92. The molecule has 0 unspecified atom stereocenters. The zero-order valence-corrected chi connectivity index (χ0v) is 12.9. The maximum atomic E-state index is 5.61. The van der Waals surface area contributed by atoms with Gasteiger partial charge in [-0.3, -0.25) is 0 Å². The van der Waals surface area contributed by atoms with Crippen LogP contribution in [0.3, 0.4) is 0 Å². The van der Waals surface area contributed by atoms with Gasteiger partial charge in [-0.15, -0.1) is 0 Å². The molecule has 0 fully saturated rings. The van der Waals surface area contributed by atoms with Gasteiger partial charge < -0.3 is 15.4 Å². The minimum atomic E-state index is 0.566. The van der Waals surface area contributed by atoms with Crippen LogP contribution < -0.4 is 15.4 Å². The number of nitrogens with one attached hydrogen (secondary N) is 2. The molecule has 106 valence electrons. The van der Waals surface area contributed by atoms with E-state index in [1.54, 1.807) is 6.20 Å². The second-order valence-electron chi connectivity index (χ2n) is 4.01.